The molecule has 0 fully saturated rings. The van der Waals surface area contributed by atoms with Gasteiger partial charge < -0.3 is 11.6 Å². The van der Waals surface area contributed by atoms with E-state index in [1.807, 2.05) is 18.2 Å². The van der Waals surface area contributed by atoms with Gasteiger partial charge in [0.05, 0.1) is 0 Å². The third-order valence-electron chi connectivity index (χ3n) is 0.997. The summed E-state index contributed by atoms with van der Waals surface area (Å²) in [4.78, 5) is 8.56. The summed E-state index contributed by atoms with van der Waals surface area (Å²) in [5.74, 6) is 0. The van der Waals surface area contributed by atoms with Gasteiger partial charge in [-0.3, -0.25) is 0 Å². The zero-order valence-corrected chi connectivity index (χ0v) is 12.0. The molecule has 13 heavy (non-hydrogen) atoms. The van der Waals surface area contributed by atoms with Crippen molar-refractivity contribution in [2.24, 2.45) is 0 Å². The minimum Gasteiger partial charge on any atom is -1.00 e. The van der Waals surface area contributed by atoms with Gasteiger partial charge in [0.25, 0.3) is 0 Å². The van der Waals surface area contributed by atoms with Crippen LogP contribution in [0.3, 0.4) is 0 Å². The molecule has 0 radical (unpaired) electrons. The number of hydrogen-bond donors (Lipinski definition) is 2. The first-order valence-electron chi connectivity index (χ1n) is 3.18. The summed E-state index contributed by atoms with van der Waals surface area (Å²) in [6.45, 7) is 0. The van der Waals surface area contributed by atoms with Crippen molar-refractivity contribution in [3.8, 4) is 0 Å². The number of halogens is 1. The van der Waals surface area contributed by atoms with Crippen LogP contribution >= 0.6 is 15.9 Å². The van der Waals surface area contributed by atoms with E-state index >= 15 is 0 Å². The topological polar surface area (TPSA) is 57.5 Å². The molecule has 5 heteroatoms. The maximum atomic E-state index is 8.56. The number of benzene rings is 1. The van der Waals surface area contributed by atoms with Crippen molar-refractivity contribution < 1.29 is 67.8 Å². The zero-order valence-electron chi connectivity index (χ0n) is 8.27. The van der Waals surface area contributed by atoms with Crippen LogP contribution in [0.2, 0.25) is 0 Å². The van der Waals surface area contributed by atoms with E-state index in [0.717, 1.165) is 5.33 Å². The average molecular weight is 273 g/mol. The molecular weight excluding hydrogens is 263 g/mol. The van der Waals surface area contributed by atoms with Crippen LogP contribution in [0.1, 0.15) is 6.99 Å². The smallest absolute Gasteiger partial charge is 1.00 e. The number of hydrogen-bond acceptors (Lipinski definition) is 1. The molecule has 0 saturated heterocycles. The summed E-state index contributed by atoms with van der Waals surface area (Å²) in [7, 11) is 0. The van der Waals surface area contributed by atoms with Gasteiger partial charge >= 0.3 is 57.5 Å². The Kier molecular flexibility index (Phi) is 13.2. The first-order chi connectivity index (χ1) is 5.66. The van der Waals surface area contributed by atoms with Crippen LogP contribution in [0.5, 0.6) is 0 Å². The maximum Gasteiger partial charge on any atom is 1.00 e. The van der Waals surface area contributed by atoms with Crippen LogP contribution in [-0.2, 0) is 5.33 Å². The summed E-state index contributed by atoms with van der Waals surface area (Å²) in [5, 5.41) is 14.9. The minimum atomic E-state index is -1.83. The van der Waals surface area contributed by atoms with Crippen molar-refractivity contribution in [1.82, 2.24) is 0 Å². The third-order valence-corrected chi connectivity index (χ3v) is 1.64. The van der Waals surface area contributed by atoms with Gasteiger partial charge in [0.2, 0.25) is 0 Å². The van der Waals surface area contributed by atoms with Crippen molar-refractivity contribution in [3.05, 3.63) is 35.9 Å². The van der Waals surface area contributed by atoms with Gasteiger partial charge in [-0.05, 0) is 5.56 Å². The molecule has 0 atom stereocenters. The van der Waals surface area contributed by atoms with E-state index in [2.05, 4.69) is 28.1 Å². The first kappa shape index (κ1) is 16.1. The summed E-state index contributed by atoms with van der Waals surface area (Å²) in [6.07, 6.45) is -1.83. The minimum absolute atomic E-state index is 0. The molecule has 0 saturated carbocycles. The summed E-state index contributed by atoms with van der Waals surface area (Å²) in [6, 6.07) is 10.3. The fraction of sp³-hybridized carbons (Fsp3) is 0.125. The molecule has 0 aliphatic rings. The standard InChI is InChI=1S/C7H7Br.CH2O3.K.H/c8-6-7-4-2-1-3-5-7;2-1(3)4;;/h1-5H,6H2;(H2,2,3,4);;/q;;+1;-1. The largest absolute Gasteiger partial charge is 1.00 e. The number of carboxylic acid groups (broad SMARTS) is 2. The molecule has 0 aliphatic heterocycles. The van der Waals surface area contributed by atoms with Gasteiger partial charge in [0.15, 0.2) is 0 Å². The monoisotopic (exact) mass is 272 g/mol. The Morgan fingerprint density at radius 2 is 1.69 bits per heavy atom. The van der Waals surface area contributed by atoms with Crippen LogP contribution in [0.4, 0.5) is 4.79 Å². The second-order valence-corrected chi connectivity index (χ2v) is 2.46. The molecule has 0 heterocycles. The van der Waals surface area contributed by atoms with Crippen LogP contribution in [0, 0.1) is 0 Å². The Bertz CT molecular complexity index is 229. The Morgan fingerprint density at radius 3 is 1.92 bits per heavy atom. The first-order valence-corrected chi connectivity index (χ1v) is 4.30. The fourth-order valence-corrected chi connectivity index (χ4v) is 0.941. The molecule has 1 rings (SSSR count). The molecule has 3 nitrogen and oxygen atoms in total. The second-order valence-electron chi connectivity index (χ2n) is 1.90. The number of carbonyl (C=O) groups is 1. The van der Waals surface area contributed by atoms with Crippen LogP contribution in [0.25, 0.3) is 0 Å². The molecular formula is C8H10BrKO3. The molecule has 1 aromatic carbocycles. The van der Waals surface area contributed by atoms with E-state index in [9.17, 15) is 0 Å². The molecule has 1 aromatic rings. The Hall–Kier alpha value is 0.606. The Labute approximate surface area is 129 Å². The van der Waals surface area contributed by atoms with E-state index in [-0.39, 0.29) is 52.8 Å². The Balaban J connectivity index is -0.000000180. The van der Waals surface area contributed by atoms with E-state index in [1.165, 1.54) is 5.56 Å². The Morgan fingerprint density at radius 1 is 1.31 bits per heavy atom. The molecule has 0 aromatic heterocycles. The molecule has 0 amide bonds. The molecule has 2 N–H and O–H groups in total. The van der Waals surface area contributed by atoms with Crippen molar-refractivity contribution in [2.45, 2.75) is 5.33 Å². The molecule has 0 aliphatic carbocycles. The van der Waals surface area contributed by atoms with Gasteiger partial charge in [-0.25, -0.2) is 4.79 Å². The second kappa shape index (κ2) is 10.7. The quantitative estimate of drug-likeness (QED) is 0.556. The van der Waals surface area contributed by atoms with E-state index in [0.29, 0.717) is 0 Å². The average Bonchev–Trinajstić information content (AvgIpc) is 2.05. The van der Waals surface area contributed by atoms with Crippen molar-refractivity contribution in [2.75, 3.05) is 0 Å². The fourth-order valence-electron chi connectivity index (χ4n) is 0.567. The number of rotatable bonds is 1. The third kappa shape index (κ3) is 12.6. The molecule has 0 spiro atoms. The molecule has 0 unspecified atom stereocenters. The van der Waals surface area contributed by atoms with Gasteiger partial charge in [-0.1, -0.05) is 46.3 Å². The van der Waals surface area contributed by atoms with Crippen LogP contribution in [0.15, 0.2) is 30.3 Å². The summed E-state index contributed by atoms with van der Waals surface area (Å²) >= 11 is 3.36. The normalized spacial score (nSPS) is 7.46. The summed E-state index contributed by atoms with van der Waals surface area (Å²) in [5.41, 5.74) is 1.33. The van der Waals surface area contributed by atoms with E-state index in [1.54, 1.807) is 0 Å². The van der Waals surface area contributed by atoms with Crippen LogP contribution in [-0.4, -0.2) is 16.4 Å². The predicted molar refractivity (Wildman–Crippen MR) is 50.8 cm³/mol. The zero-order chi connectivity index (χ0) is 9.40. The molecule has 0 bridgehead atoms. The summed E-state index contributed by atoms with van der Waals surface area (Å²) < 4.78 is 0. The van der Waals surface area contributed by atoms with Crippen molar-refractivity contribution >= 4 is 22.1 Å². The van der Waals surface area contributed by atoms with Gasteiger partial charge in [0.1, 0.15) is 0 Å². The van der Waals surface area contributed by atoms with E-state index < -0.39 is 6.16 Å². The van der Waals surface area contributed by atoms with Crippen molar-refractivity contribution in [1.29, 1.82) is 0 Å². The van der Waals surface area contributed by atoms with E-state index in [4.69, 9.17) is 15.0 Å². The molecule has 68 valence electrons. The predicted octanol–water partition coefficient (Wildman–Crippen LogP) is -0.0796. The number of alkyl halides is 1. The van der Waals surface area contributed by atoms with Crippen LogP contribution < -0.4 is 51.4 Å². The van der Waals surface area contributed by atoms with Gasteiger partial charge in [-0.2, -0.15) is 0 Å². The maximum absolute atomic E-state index is 8.56. The van der Waals surface area contributed by atoms with Gasteiger partial charge in [-0.15, -0.1) is 0 Å². The van der Waals surface area contributed by atoms with Crippen molar-refractivity contribution in [3.63, 3.8) is 0 Å². The SMILES string of the molecule is BrCc1ccccc1.O=C(O)O.[H-].[K+]. The van der Waals surface area contributed by atoms with Gasteiger partial charge in [0, 0.05) is 5.33 Å².